The number of esters is 2. The number of hydrogen-bond acceptors (Lipinski definition) is 7. The molecule has 1 amide bonds. The summed E-state index contributed by atoms with van der Waals surface area (Å²) in [4.78, 5) is 41.7. The Kier molecular flexibility index (Phi) is 6.20. The van der Waals surface area contributed by atoms with Crippen molar-refractivity contribution in [1.29, 1.82) is 0 Å². The summed E-state index contributed by atoms with van der Waals surface area (Å²) in [6.07, 6.45) is 12.0. The van der Waals surface area contributed by atoms with Crippen LogP contribution in [0.4, 0.5) is 5.69 Å². The molecule has 8 heteroatoms. The number of aromatic nitrogens is 1. The largest absolute Gasteiger partial charge is 0.466 e. The predicted octanol–water partition coefficient (Wildman–Crippen LogP) is 3.25. The second-order valence-electron chi connectivity index (χ2n) is 9.49. The third kappa shape index (κ3) is 3.86. The van der Waals surface area contributed by atoms with E-state index in [0.717, 1.165) is 0 Å². The number of pyridine rings is 1. The molecule has 0 unspecified atom stereocenters. The molecule has 0 aromatic carbocycles. The fraction of sp³-hybridized carbons (Fsp3) is 0.462. The van der Waals surface area contributed by atoms with E-state index in [1.165, 1.54) is 7.11 Å². The van der Waals surface area contributed by atoms with Gasteiger partial charge in [0.15, 0.2) is 0 Å². The van der Waals surface area contributed by atoms with Gasteiger partial charge in [0, 0.05) is 35.1 Å². The minimum absolute atomic E-state index is 0.247. The maximum Gasteiger partial charge on any atom is 0.333 e. The zero-order valence-corrected chi connectivity index (χ0v) is 19.7. The minimum Gasteiger partial charge on any atom is -0.466 e. The van der Waals surface area contributed by atoms with E-state index >= 15 is 0 Å². The Morgan fingerprint density at radius 2 is 2.03 bits per heavy atom. The van der Waals surface area contributed by atoms with Crippen LogP contribution < -0.4 is 5.32 Å². The normalized spacial score (nSPS) is 32.9. The standard InChI is InChI=1S/C26H30N2O6/c1-17(21(29)28-19-9-15-27-16-10-19)5-4-11-24(2)20-8-13-25(23(31)34-24)12-6-18(22(30)33-3)7-14-26(20,25)32/h4-6,9-11,15-16,20,32H,7-8,12-14H2,1-3H3,(H,27,28,29)/b11-4+,17-5+/t20-,24+,25+,26-/m0/s1. The van der Waals surface area contributed by atoms with Crippen molar-refractivity contribution in [2.75, 3.05) is 12.4 Å². The molecule has 180 valence electrons. The lowest BCUT2D eigenvalue weighted by Gasteiger charge is -2.52. The molecule has 2 bridgehead atoms. The molecule has 1 aliphatic heterocycles. The second kappa shape index (κ2) is 8.83. The molecule has 2 aliphatic carbocycles. The summed E-state index contributed by atoms with van der Waals surface area (Å²) in [5.41, 5.74) is -1.81. The summed E-state index contributed by atoms with van der Waals surface area (Å²) >= 11 is 0. The van der Waals surface area contributed by atoms with E-state index in [4.69, 9.17) is 9.47 Å². The maximum atomic E-state index is 13.3. The van der Waals surface area contributed by atoms with Gasteiger partial charge in [-0.15, -0.1) is 0 Å². The number of hydrogen-bond donors (Lipinski definition) is 2. The number of anilines is 1. The number of ether oxygens (including phenoxy) is 2. The van der Waals surface area contributed by atoms with Crippen molar-refractivity contribution in [3.05, 3.63) is 60.0 Å². The van der Waals surface area contributed by atoms with Crippen LogP contribution in [0.2, 0.25) is 0 Å². The Labute approximate surface area is 198 Å². The van der Waals surface area contributed by atoms with Crippen LogP contribution in [-0.2, 0) is 23.9 Å². The van der Waals surface area contributed by atoms with Gasteiger partial charge in [0.1, 0.15) is 11.0 Å². The molecular formula is C26H30N2O6. The second-order valence-corrected chi connectivity index (χ2v) is 9.49. The monoisotopic (exact) mass is 466 g/mol. The summed E-state index contributed by atoms with van der Waals surface area (Å²) in [5.74, 6) is -1.48. The van der Waals surface area contributed by atoms with Crippen LogP contribution in [0.15, 0.2) is 60.0 Å². The first-order chi connectivity index (χ1) is 16.1. The van der Waals surface area contributed by atoms with Crippen LogP contribution in [0.25, 0.3) is 0 Å². The van der Waals surface area contributed by atoms with Gasteiger partial charge in [-0.1, -0.05) is 18.2 Å². The van der Waals surface area contributed by atoms with E-state index in [9.17, 15) is 19.5 Å². The number of carbonyl (C=O) groups excluding carboxylic acids is 3. The van der Waals surface area contributed by atoms with Crippen molar-refractivity contribution in [2.45, 2.75) is 57.2 Å². The fourth-order valence-corrected chi connectivity index (χ4v) is 5.68. The number of allylic oxidation sites excluding steroid dienone is 3. The first-order valence-electron chi connectivity index (χ1n) is 11.5. The van der Waals surface area contributed by atoms with Gasteiger partial charge in [0.2, 0.25) is 0 Å². The predicted molar refractivity (Wildman–Crippen MR) is 124 cm³/mol. The number of nitrogens with zero attached hydrogens (tertiary/aromatic N) is 1. The molecule has 0 radical (unpaired) electrons. The molecule has 0 spiro atoms. The lowest BCUT2D eigenvalue weighted by Crippen LogP contribution is -2.63. The van der Waals surface area contributed by atoms with E-state index < -0.39 is 28.6 Å². The molecule has 2 fully saturated rings. The summed E-state index contributed by atoms with van der Waals surface area (Å²) in [6.45, 7) is 3.48. The van der Waals surface area contributed by atoms with Crippen LogP contribution in [-0.4, -0.2) is 46.2 Å². The Balaban J connectivity index is 1.54. The van der Waals surface area contributed by atoms with Crippen molar-refractivity contribution < 1.29 is 29.0 Å². The molecule has 1 saturated carbocycles. The van der Waals surface area contributed by atoms with Gasteiger partial charge in [-0.25, -0.2) is 4.79 Å². The van der Waals surface area contributed by atoms with Gasteiger partial charge >= 0.3 is 11.9 Å². The lowest BCUT2D eigenvalue weighted by molar-refractivity contribution is -0.224. The third-order valence-electron chi connectivity index (χ3n) is 7.65. The van der Waals surface area contributed by atoms with Crippen molar-refractivity contribution in [3.8, 4) is 0 Å². The first kappa shape index (κ1) is 23.9. The highest BCUT2D eigenvalue weighted by Crippen LogP contribution is 2.63. The molecule has 4 rings (SSSR count). The lowest BCUT2D eigenvalue weighted by atomic mass is 9.62. The van der Waals surface area contributed by atoms with Gasteiger partial charge in [-0.3, -0.25) is 14.6 Å². The Morgan fingerprint density at radius 1 is 1.29 bits per heavy atom. The Hall–Kier alpha value is -3.26. The smallest absolute Gasteiger partial charge is 0.333 e. The number of nitrogens with one attached hydrogen (secondary N) is 1. The van der Waals surface area contributed by atoms with Crippen LogP contribution in [0, 0.1) is 11.3 Å². The number of amides is 1. The van der Waals surface area contributed by atoms with Crippen LogP contribution >= 0.6 is 0 Å². The zero-order chi connectivity index (χ0) is 24.6. The quantitative estimate of drug-likeness (QED) is 0.389. The molecule has 2 heterocycles. The number of aliphatic hydroxyl groups is 1. The third-order valence-corrected chi connectivity index (χ3v) is 7.65. The molecule has 8 nitrogen and oxygen atoms in total. The van der Waals surface area contributed by atoms with E-state index in [0.29, 0.717) is 36.1 Å². The van der Waals surface area contributed by atoms with Gasteiger partial charge in [0.25, 0.3) is 5.91 Å². The van der Waals surface area contributed by atoms with Gasteiger partial charge in [-0.05, 0) is 64.2 Å². The highest BCUT2D eigenvalue weighted by atomic mass is 16.6. The fourth-order valence-electron chi connectivity index (χ4n) is 5.68. The first-order valence-corrected chi connectivity index (χ1v) is 11.5. The zero-order valence-electron chi connectivity index (χ0n) is 19.7. The van der Waals surface area contributed by atoms with Crippen LogP contribution in [0.3, 0.4) is 0 Å². The molecule has 1 aromatic rings. The van der Waals surface area contributed by atoms with Gasteiger partial charge < -0.3 is 19.9 Å². The number of rotatable bonds is 5. The average molecular weight is 467 g/mol. The van der Waals surface area contributed by atoms with Crippen molar-refractivity contribution in [1.82, 2.24) is 4.98 Å². The molecule has 2 N–H and O–H groups in total. The van der Waals surface area contributed by atoms with Crippen molar-refractivity contribution >= 4 is 23.5 Å². The SMILES string of the molecule is COC(=O)C1=CC[C@@]23CC[C@@H]([C@@](C)(/C=C/C=C(\C)C(=O)Nc4ccncc4)OC2=O)[C@@]3(O)CC1. The summed E-state index contributed by atoms with van der Waals surface area (Å²) in [6, 6.07) is 3.40. The van der Waals surface area contributed by atoms with E-state index in [1.807, 2.05) is 0 Å². The molecular weight excluding hydrogens is 436 g/mol. The average Bonchev–Trinajstić information content (AvgIpc) is 2.94. The maximum absolute atomic E-state index is 13.3. The van der Waals surface area contributed by atoms with Gasteiger partial charge in [0.05, 0.1) is 12.7 Å². The number of methoxy groups -OCH3 is 1. The van der Waals surface area contributed by atoms with Crippen LogP contribution in [0.1, 0.15) is 46.0 Å². The number of carbonyl (C=O) groups is 3. The van der Waals surface area contributed by atoms with Gasteiger partial charge in [-0.2, -0.15) is 0 Å². The topological polar surface area (TPSA) is 115 Å². The van der Waals surface area contributed by atoms with E-state index in [2.05, 4.69) is 10.3 Å². The number of cyclic esters (lactones) is 1. The van der Waals surface area contributed by atoms with E-state index in [1.54, 1.807) is 62.7 Å². The highest BCUT2D eigenvalue weighted by molar-refractivity contribution is 6.03. The highest BCUT2D eigenvalue weighted by Gasteiger charge is 2.71. The molecule has 1 saturated heterocycles. The molecule has 3 aliphatic rings. The Bertz CT molecular complexity index is 1090. The molecule has 4 atom stereocenters. The van der Waals surface area contributed by atoms with E-state index in [-0.39, 0.29) is 24.7 Å². The van der Waals surface area contributed by atoms with Crippen molar-refractivity contribution in [2.24, 2.45) is 11.3 Å². The summed E-state index contributed by atoms with van der Waals surface area (Å²) in [5, 5.41) is 14.7. The van der Waals surface area contributed by atoms with Crippen molar-refractivity contribution in [3.63, 3.8) is 0 Å². The minimum atomic E-state index is -1.30. The summed E-state index contributed by atoms with van der Waals surface area (Å²) in [7, 11) is 1.32. The molecule has 34 heavy (non-hydrogen) atoms. The Morgan fingerprint density at radius 3 is 2.74 bits per heavy atom. The summed E-state index contributed by atoms with van der Waals surface area (Å²) < 4.78 is 10.8. The molecule has 1 aromatic heterocycles. The van der Waals surface area contributed by atoms with Crippen LogP contribution in [0.5, 0.6) is 0 Å².